The van der Waals surface area contributed by atoms with Crippen LogP contribution in [0.5, 0.6) is 11.5 Å². The van der Waals surface area contributed by atoms with E-state index in [4.69, 9.17) is 9.47 Å². The van der Waals surface area contributed by atoms with Crippen LogP contribution in [0.4, 0.5) is 23.3 Å². The molecule has 3 rings (SSSR count). The van der Waals surface area contributed by atoms with E-state index < -0.39 is 0 Å². The maximum atomic E-state index is 5.65. The van der Waals surface area contributed by atoms with E-state index in [2.05, 4.69) is 25.6 Å². The van der Waals surface area contributed by atoms with Gasteiger partial charge in [0.15, 0.2) is 11.5 Å². The molecule has 0 unspecified atom stereocenters. The Balaban J connectivity index is 1.76. The summed E-state index contributed by atoms with van der Waals surface area (Å²) in [6, 6.07) is 13.6. The van der Waals surface area contributed by atoms with Crippen molar-refractivity contribution in [3.63, 3.8) is 0 Å². The zero-order valence-electron chi connectivity index (χ0n) is 15.7. The molecule has 0 aliphatic rings. The molecule has 7 heteroatoms. The average molecular weight is 365 g/mol. The normalized spacial score (nSPS) is 10.3. The highest BCUT2D eigenvalue weighted by Crippen LogP contribution is 2.31. The number of nitrogens with zero attached hydrogens (tertiary/aromatic N) is 3. The first-order valence-electron chi connectivity index (χ1n) is 8.87. The largest absolute Gasteiger partial charge is 0.490 e. The maximum absolute atomic E-state index is 5.65. The zero-order valence-corrected chi connectivity index (χ0v) is 15.7. The van der Waals surface area contributed by atoms with E-state index in [1.54, 1.807) is 0 Å². The standard InChI is InChI=1S/C20H23N5O2/c1-4-26-17-10-9-16(12-18(17)27-5-2)24-20-22-13-21-19(25-20)23-15-8-6-7-14(3)11-15/h6-13H,4-5H2,1-3H3,(H2,21,22,23,24,25). The van der Waals surface area contributed by atoms with Crippen LogP contribution in [0.25, 0.3) is 0 Å². The predicted octanol–water partition coefficient (Wildman–Crippen LogP) is 4.46. The summed E-state index contributed by atoms with van der Waals surface area (Å²) in [6.45, 7) is 7.04. The van der Waals surface area contributed by atoms with Crippen molar-refractivity contribution in [3.8, 4) is 11.5 Å². The van der Waals surface area contributed by atoms with Crippen LogP contribution in [0, 0.1) is 6.92 Å². The Kier molecular flexibility index (Phi) is 6.04. The number of rotatable bonds is 8. The smallest absolute Gasteiger partial charge is 0.232 e. The van der Waals surface area contributed by atoms with Crippen LogP contribution in [0.1, 0.15) is 19.4 Å². The first-order valence-corrected chi connectivity index (χ1v) is 8.87. The highest BCUT2D eigenvalue weighted by molar-refractivity contribution is 5.61. The number of anilines is 4. The van der Waals surface area contributed by atoms with Crippen LogP contribution in [0.3, 0.4) is 0 Å². The van der Waals surface area contributed by atoms with Crippen molar-refractivity contribution in [2.75, 3.05) is 23.8 Å². The number of ether oxygens (including phenoxy) is 2. The summed E-state index contributed by atoms with van der Waals surface area (Å²) in [5.74, 6) is 2.29. The molecule has 0 bridgehead atoms. The Morgan fingerprint density at radius 3 is 2.15 bits per heavy atom. The number of nitrogens with one attached hydrogen (secondary N) is 2. The molecule has 0 radical (unpaired) electrons. The van der Waals surface area contributed by atoms with Gasteiger partial charge in [-0.2, -0.15) is 4.98 Å². The van der Waals surface area contributed by atoms with Crippen LogP contribution >= 0.6 is 0 Å². The van der Waals surface area contributed by atoms with Gasteiger partial charge in [0, 0.05) is 17.4 Å². The SMILES string of the molecule is CCOc1ccc(Nc2ncnc(Nc3cccc(C)c3)n2)cc1OCC. The van der Waals surface area contributed by atoms with Gasteiger partial charge in [0.25, 0.3) is 0 Å². The second kappa shape index (κ2) is 8.84. The molecule has 3 aromatic rings. The lowest BCUT2D eigenvalue weighted by Crippen LogP contribution is -2.03. The molecule has 1 heterocycles. The van der Waals surface area contributed by atoms with Crippen molar-refractivity contribution < 1.29 is 9.47 Å². The molecule has 0 aliphatic heterocycles. The van der Waals surface area contributed by atoms with Gasteiger partial charge >= 0.3 is 0 Å². The van der Waals surface area contributed by atoms with E-state index in [1.807, 2.05) is 63.2 Å². The van der Waals surface area contributed by atoms with Gasteiger partial charge in [0.05, 0.1) is 13.2 Å². The molecule has 2 aromatic carbocycles. The topological polar surface area (TPSA) is 81.2 Å². The fourth-order valence-electron chi connectivity index (χ4n) is 2.53. The molecule has 0 saturated carbocycles. The third-order valence-electron chi connectivity index (χ3n) is 3.65. The molecular weight excluding hydrogens is 342 g/mol. The summed E-state index contributed by atoms with van der Waals surface area (Å²) in [4.78, 5) is 12.8. The van der Waals surface area contributed by atoms with Gasteiger partial charge in [-0.15, -0.1) is 0 Å². The molecule has 0 aliphatic carbocycles. The first kappa shape index (κ1) is 18.4. The molecular formula is C20H23N5O2. The molecule has 1 aromatic heterocycles. The van der Waals surface area contributed by atoms with Gasteiger partial charge in [-0.1, -0.05) is 12.1 Å². The zero-order chi connectivity index (χ0) is 19.1. The lowest BCUT2D eigenvalue weighted by molar-refractivity contribution is 0.288. The lowest BCUT2D eigenvalue weighted by Gasteiger charge is -2.13. The van der Waals surface area contributed by atoms with Crippen molar-refractivity contribution in [1.82, 2.24) is 15.0 Å². The second-order valence-corrected chi connectivity index (χ2v) is 5.78. The molecule has 0 saturated heterocycles. The number of aromatic nitrogens is 3. The summed E-state index contributed by atoms with van der Waals surface area (Å²) >= 11 is 0. The fraction of sp³-hybridized carbons (Fsp3) is 0.250. The Morgan fingerprint density at radius 2 is 1.48 bits per heavy atom. The van der Waals surface area contributed by atoms with Crippen molar-refractivity contribution in [1.29, 1.82) is 0 Å². The summed E-state index contributed by atoms with van der Waals surface area (Å²) in [5, 5.41) is 6.35. The number of hydrogen-bond donors (Lipinski definition) is 2. The molecule has 27 heavy (non-hydrogen) atoms. The number of hydrogen-bond acceptors (Lipinski definition) is 7. The Labute approximate surface area is 158 Å². The van der Waals surface area contributed by atoms with E-state index in [-0.39, 0.29) is 0 Å². The predicted molar refractivity (Wildman–Crippen MR) is 106 cm³/mol. The highest BCUT2D eigenvalue weighted by Gasteiger charge is 2.08. The van der Waals surface area contributed by atoms with E-state index >= 15 is 0 Å². The van der Waals surface area contributed by atoms with Gasteiger partial charge < -0.3 is 20.1 Å². The molecule has 0 amide bonds. The van der Waals surface area contributed by atoms with E-state index in [0.717, 1.165) is 16.9 Å². The molecule has 2 N–H and O–H groups in total. The fourth-order valence-corrected chi connectivity index (χ4v) is 2.53. The van der Waals surface area contributed by atoms with Crippen LogP contribution < -0.4 is 20.1 Å². The van der Waals surface area contributed by atoms with Crippen molar-refractivity contribution >= 4 is 23.3 Å². The molecule has 0 fully saturated rings. The van der Waals surface area contributed by atoms with Gasteiger partial charge in [-0.3, -0.25) is 0 Å². The van der Waals surface area contributed by atoms with Gasteiger partial charge in [0.1, 0.15) is 6.33 Å². The van der Waals surface area contributed by atoms with Crippen LogP contribution in [-0.2, 0) is 0 Å². The maximum Gasteiger partial charge on any atom is 0.232 e. The van der Waals surface area contributed by atoms with Crippen LogP contribution in [0.15, 0.2) is 48.8 Å². The summed E-state index contributed by atoms with van der Waals surface area (Å²) < 4.78 is 11.2. The third kappa shape index (κ3) is 5.07. The van der Waals surface area contributed by atoms with Gasteiger partial charge in [0.2, 0.25) is 11.9 Å². The third-order valence-corrected chi connectivity index (χ3v) is 3.65. The van der Waals surface area contributed by atoms with Crippen molar-refractivity contribution in [2.24, 2.45) is 0 Å². The summed E-state index contributed by atoms with van der Waals surface area (Å²) in [5.41, 5.74) is 2.88. The number of benzene rings is 2. The minimum Gasteiger partial charge on any atom is -0.490 e. The summed E-state index contributed by atoms with van der Waals surface area (Å²) in [7, 11) is 0. The Hall–Kier alpha value is -3.35. The highest BCUT2D eigenvalue weighted by atomic mass is 16.5. The molecule has 7 nitrogen and oxygen atoms in total. The lowest BCUT2D eigenvalue weighted by atomic mass is 10.2. The van der Waals surface area contributed by atoms with Crippen LogP contribution in [0.2, 0.25) is 0 Å². The molecule has 140 valence electrons. The monoisotopic (exact) mass is 365 g/mol. The van der Waals surface area contributed by atoms with Gasteiger partial charge in [-0.05, 0) is 50.6 Å². The quantitative estimate of drug-likeness (QED) is 0.610. The van der Waals surface area contributed by atoms with Crippen LogP contribution in [-0.4, -0.2) is 28.2 Å². The minimum absolute atomic E-state index is 0.437. The van der Waals surface area contributed by atoms with E-state index in [1.165, 1.54) is 6.33 Å². The second-order valence-electron chi connectivity index (χ2n) is 5.78. The Morgan fingerprint density at radius 1 is 0.815 bits per heavy atom. The molecule has 0 spiro atoms. The first-order chi connectivity index (χ1) is 13.2. The van der Waals surface area contributed by atoms with E-state index in [0.29, 0.717) is 36.6 Å². The number of aryl methyl sites for hydroxylation is 1. The average Bonchev–Trinajstić information content (AvgIpc) is 2.65. The molecule has 0 atom stereocenters. The summed E-state index contributed by atoms with van der Waals surface area (Å²) in [6.07, 6.45) is 1.46. The van der Waals surface area contributed by atoms with Crippen molar-refractivity contribution in [2.45, 2.75) is 20.8 Å². The van der Waals surface area contributed by atoms with Gasteiger partial charge in [-0.25, -0.2) is 9.97 Å². The Bertz CT molecular complexity index is 901. The minimum atomic E-state index is 0.437. The van der Waals surface area contributed by atoms with Crippen molar-refractivity contribution in [3.05, 3.63) is 54.4 Å². The van der Waals surface area contributed by atoms with E-state index in [9.17, 15) is 0 Å².